The summed E-state index contributed by atoms with van der Waals surface area (Å²) in [7, 11) is 0. The molecule has 0 aromatic heterocycles. The van der Waals surface area contributed by atoms with Gasteiger partial charge in [0, 0.05) is 24.1 Å². The number of aromatic carboxylic acids is 1. The van der Waals surface area contributed by atoms with Gasteiger partial charge in [0.05, 0.1) is 5.56 Å². The van der Waals surface area contributed by atoms with Crippen molar-refractivity contribution < 1.29 is 18.7 Å². The summed E-state index contributed by atoms with van der Waals surface area (Å²) in [6.07, 6.45) is 0. The zero-order chi connectivity index (χ0) is 13.3. The minimum Gasteiger partial charge on any atom is -0.478 e. The molecule has 1 heterocycles. The third-order valence-corrected chi connectivity index (χ3v) is 4.11. The van der Waals surface area contributed by atoms with E-state index in [0.29, 0.717) is 6.54 Å². The molecule has 1 aromatic carbocycles. The molecule has 1 unspecified atom stereocenters. The van der Waals surface area contributed by atoms with Gasteiger partial charge in [-0.25, -0.2) is 13.6 Å². The largest absolute Gasteiger partial charge is 0.478 e. The van der Waals surface area contributed by atoms with Crippen LogP contribution >= 0.6 is 11.8 Å². The maximum atomic E-state index is 13.9. The van der Waals surface area contributed by atoms with Crippen LogP contribution in [0.5, 0.6) is 0 Å². The molecule has 0 amide bonds. The number of carboxylic acids is 1. The number of carboxylic acid groups (broad SMARTS) is 1. The molecule has 6 heteroatoms. The first kappa shape index (κ1) is 13.1. The van der Waals surface area contributed by atoms with Crippen molar-refractivity contribution >= 4 is 23.4 Å². The lowest BCUT2D eigenvalue weighted by atomic mass is 10.1. The van der Waals surface area contributed by atoms with Gasteiger partial charge in [-0.15, -0.1) is 0 Å². The van der Waals surface area contributed by atoms with Crippen LogP contribution in [0.3, 0.4) is 0 Å². The van der Waals surface area contributed by atoms with E-state index in [0.717, 1.165) is 23.6 Å². The quantitative estimate of drug-likeness (QED) is 0.899. The molecule has 1 aliphatic heterocycles. The maximum Gasteiger partial charge on any atom is 0.335 e. The van der Waals surface area contributed by atoms with E-state index in [1.165, 1.54) is 0 Å². The fourth-order valence-electron chi connectivity index (χ4n) is 2.02. The van der Waals surface area contributed by atoms with Gasteiger partial charge in [-0.1, -0.05) is 0 Å². The van der Waals surface area contributed by atoms with Gasteiger partial charge in [-0.3, -0.25) is 0 Å². The summed E-state index contributed by atoms with van der Waals surface area (Å²) in [5.74, 6) is -1.34. The van der Waals surface area contributed by atoms with Gasteiger partial charge < -0.3 is 10.0 Å². The Labute approximate surface area is 108 Å². The summed E-state index contributed by atoms with van der Waals surface area (Å²) >= 11 is 1.74. The molecule has 0 radical (unpaired) electrons. The molecule has 1 fully saturated rings. The second-order valence-corrected chi connectivity index (χ2v) is 5.36. The van der Waals surface area contributed by atoms with Crippen LogP contribution in [0.15, 0.2) is 12.1 Å². The zero-order valence-electron chi connectivity index (χ0n) is 9.82. The highest BCUT2D eigenvalue weighted by molar-refractivity contribution is 7.99. The van der Waals surface area contributed by atoms with Gasteiger partial charge in [0.1, 0.15) is 17.3 Å². The molecular weight excluding hydrogens is 260 g/mol. The van der Waals surface area contributed by atoms with Gasteiger partial charge in [-0.2, -0.15) is 11.8 Å². The number of hydrogen-bond donors (Lipinski definition) is 1. The van der Waals surface area contributed by atoms with Crippen molar-refractivity contribution in [1.29, 1.82) is 0 Å². The van der Waals surface area contributed by atoms with Crippen molar-refractivity contribution in [3.63, 3.8) is 0 Å². The molecule has 0 bridgehead atoms. The van der Waals surface area contributed by atoms with E-state index in [2.05, 4.69) is 0 Å². The van der Waals surface area contributed by atoms with Gasteiger partial charge in [-0.05, 0) is 19.1 Å². The molecule has 98 valence electrons. The Hall–Kier alpha value is -1.30. The lowest BCUT2D eigenvalue weighted by molar-refractivity contribution is 0.0696. The summed E-state index contributed by atoms with van der Waals surface area (Å²) in [4.78, 5) is 12.4. The molecule has 2 rings (SSSR count). The van der Waals surface area contributed by atoms with Crippen LogP contribution < -0.4 is 4.90 Å². The first-order valence-electron chi connectivity index (χ1n) is 5.57. The average Bonchev–Trinajstić information content (AvgIpc) is 2.30. The predicted molar refractivity (Wildman–Crippen MR) is 67.5 cm³/mol. The Balaban J connectivity index is 2.41. The highest BCUT2D eigenvalue weighted by Gasteiger charge is 2.25. The third kappa shape index (κ3) is 2.43. The Morgan fingerprint density at radius 2 is 2.06 bits per heavy atom. The van der Waals surface area contributed by atoms with E-state index in [-0.39, 0.29) is 17.3 Å². The van der Waals surface area contributed by atoms with Crippen LogP contribution in [0.25, 0.3) is 0 Å². The van der Waals surface area contributed by atoms with E-state index in [1.54, 1.807) is 16.7 Å². The van der Waals surface area contributed by atoms with Crippen molar-refractivity contribution in [2.24, 2.45) is 0 Å². The molecule has 1 aromatic rings. The Morgan fingerprint density at radius 1 is 1.44 bits per heavy atom. The summed E-state index contributed by atoms with van der Waals surface area (Å²) in [5, 5.41) is 8.74. The van der Waals surface area contributed by atoms with Crippen LogP contribution in [0.1, 0.15) is 17.3 Å². The number of carbonyl (C=O) groups is 1. The SMILES string of the molecule is CC1CSCCN1c1c(F)cc(C(=O)O)cc1F. The van der Waals surface area contributed by atoms with Gasteiger partial charge in [0.25, 0.3) is 0 Å². The predicted octanol–water partition coefficient (Wildman–Crippen LogP) is 2.60. The molecule has 1 atom stereocenters. The lowest BCUT2D eigenvalue weighted by Crippen LogP contribution is -2.41. The second-order valence-electron chi connectivity index (χ2n) is 4.21. The first-order valence-corrected chi connectivity index (χ1v) is 6.73. The van der Waals surface area contributed by atoms with E-state index < -0.39 is 17.6 Å². The number of benzene rings is 1. The van der Waals surface area contributed by atoms with E-state index in [1.807, 2.05) is 6.92 Å². The Kier molecular flexibility index (Phi) is 3.75. The topological polar surface area (TPSA) is 40.5 Å². The summed E-state index contributed by atoms with van der Waals surface area (Å²) in [6, 6.07) is 1.77. The zero-order valence-corrected chi connectivity index (χ0v) is 10.6. The average molecular weight is 273 g/mol. The molecule has 0 saturated carbocycles. The molecule has 1 saturated heterocycles. The third-order valence-electron chi connectivity index (χ3n) is 2.92. The Morgan fingerprint density at radius 3 is 2.56 bits per heavy atom. The first-order chi connectivity index (χ1) is 8.50. The van der Waals surface area contributed by atoms with Crippen LogP contribution in [0, 0.1) is 11.6 Å². The maximum absolute atomic E-state index is 13.9. The summed E-state index contributed by atoms with van der Waals surface area (Å²) in [6.45, 7) is 2.46. The molecule has 0 aliphatic carbocycles. The van der Waals surface area contributed by atoms with Crippen molar-refractivity contribution in [3.8, 4) is 0 Å². The molecule has 1 aliphatic rings. The number of rotatable bonds is 2. The molecule has 18 heavy (non-hydrogen) atoms. The smallest absolute Gasteiger partial charge is 0.335 e. The van der Waals surface area contributed by atoms with Crippen molar-refractivity contribution in [3.05, 3.63) is 29.3 Å². The van der Waals surface area contributed by atoms with E-state index in [4.69, 9.17) is 5.11 Å². The fraction of sp³-hybridized carbons (Fsp3) is 0.417. The van der Waals surface area contributed by atoms with Crippen molar-refractivity contribution in [2.75, 3.05) is 23.0 Å². The van der Waals surface area contributed by atoms with Gasteiger partial charge in [0.2, 0.25) is 0 Å². The van der Waals surface area contributed by atoms with Crippen LogP contribution in [-0.4, -0.2) is 35.2 Å². The molecule has 0 spiro atoms. The van der Waals surface area contributed by atoms with Crippen molar-refractivity contribution in [2.45, 2.75) is 13.0 Å². The number of nitrogens with zero attached hydrogens (tertiary/aromatic N) is 1. The van der Waals surface area contributed by atoms with E-state index >= 15 is 0 Å². The fourth-order valence-corrected chi connectivity index (χ4v) is 3.04. The number of thioether (sulfide) groups is 1. The highest BCUT2D eigenvalue weighted by Crippen LogP contribution is 2.30. The van der Waals surface area contributed by atoms with Gasteiger partial charge in [0.15, 0.2) is 0 Å². The lowest BCUT2D eigenvalue weighted by Gasteiger charge is -2.35. The minimum absolute atomic E-state index is 0.0310. The normalized spacial score (nSPS) is 19.9. The standard InChI is InChI=1S/C12H13F2NO2S/c1-7-6-18-3-2-15(7)11-9(13)4-8(12(16)17)5-10(11)14/h4-5,7H,2-3,6H2,1H3,(H,16,17). The summed E-state index contributed by atoms with van der Waals surface area (Å²) < 4.78 is 27.8. The number of hydrogen-bond acceptors (Lipinski definition) is 3. The second kappa shape index (κ2) is 5.14. The number of halogens is 2. The van der Waals surface area contributed by atoms with Gasteiger partial charge >= 0.3 is 5.97 Å². The Bertz CT molecular complexity index is 458. The monoisotopic (exact) mass is 273 g/mol. The van der Waals surface area contributed by atoms with Crippen LogP contribution in [0.2, 0.25) is 0 Å². The van der Waals surface area contributed by atoms with E-state index in [9.17, 15) is 13.6 Å². The number of anilines is 1. The summed E-state index contributed by atoms with van der Waals surface area (Å²) in [5.41, 5.74) is -0.486. The van der Waals surface area contributed by atoms with Crippen LogP contribution in [0.4, 0.5) is 14.5 Å². The minimum atomic E-state index is -1.33. The van der Waals surface area contributed by atoms with Crippen LogP contribution in [-0.2, 0) is 0 Å². The molecular formula is C12H13F2NO2S. The molecule has 1 N–H and O–H groups in total. The molecule has 3 nitrogen and oxygen atoms in total. The van der Waals surface area contributed by atoms with Crippen molar-refractivity contribution in [1.82, 2.24) is 0 Å². The highest BCUT2D eigenvalue weighted by atomic mass is 32.2.